The largest absolute Gasteiger partial charge is 0.388 e. The monoisotopic (exact) mass is 267 g/mol. The van der Waals surface area contributed by atoms with Crippen LogP contribution in [0.2, 0.25) is 0 Å². The minimum absolute atomic E-state index is 0.508. The molecule has 0 aliphatic carbocycles. The number of aryl methyl sites for hydroxylation is 2. The fraction of sp³-hybridized carbons (Fsp3) is 0.250. The zero-order chi connectivity index (χ0) is 14.1. The highest BCUT2D eigenvalue weighted by Crippen LogP contribution is 2.26. The second-order valence-electron chi connectivity index (χ2n) is 5.07. The number of nitrogens with zero attached hydrogens (tertiary/aromatic N) is 3. The Bertz CT molecular complexity index is 748. The van der Waals surface area contributed by atoms with E-state index in [0.29, 0.717) is 6.42 Å². The summed E-state index contributed by atoms with van der Waals surface area (Å²) in [4.78, 5) is 4.50. The van der Waals surface area contributed by atoms with Gasteiger partial charge < -0.3 is 5.11 Å². The molecule has 0 radical (unpaired) electrons. The predicted octanol–water partition coefficient (Wildman–Crippen LogP) is 2.55. The maximum absolute atomic E-state index is 10.5. The molecule has 0 amide bonds. The van der Waals surface area contributed by atoms with Crippen LogP contribution in [0, 0.1) is 6.92 Å². The van der Waals surface area contributed by atoms with E-state index in [1.165, 1.54) is 0 Å². The third kappa shape index (κ3) is 2.42. The number of hydrogen-bond donors (Lipinski definition) is 1. The molecule has 1 aromatic carbocycles. The number of aliphatic hydroxyl groups excluding tert-OH is 1. The van der Waals surface area contributed by atoms with Gasteiger partial charge in [0.2, 0.25) is 0 Å². The lowest BCUT2D eigenvalue weighted by Gasteiger charge is -2.13. The van der Waals surface area contributed by atoms with Crippen LogP contribution in [0.4, 0.5) is 0 Å². The summed E-state index contributed by atoms with van der Waals surface area (Å²) in [5.74, 6) is 0. The van der Waals surface area contributed by atoms with Gasteiger partial charge in [-0.3, -0.25) is 9.67 Å². The van der Waals surface area contributed by atoms with Crippen LogP contribution in [0.1, 0.15) is 23.1 Å². The minimum Gasteiger partial charge on any atom is -0.388 e. The van der Waals surface area contributed by atoms with Crippen LogP contribution in [0.5, 0.6) is 0 Å². The first-order valence-corrected chi connectivity index (χ1v) is 6.66. The van der Waals surface area contributed by atoms with E-state index in [4.69, 9.17) is 0 Å². The standard InChI is InChI=1S/C16H17N3O/c1-11-9-14(13-5-3-4-6-15(13)17-11)16(20)10-12-7-8-19(2)18-12/h3-9,16,20H,10H2,1-2H3. The van der Waals surface area contributed by atoms with E-state index in [-0.39, 0.29) is 0 Å². The lowest BCUT2D eigenvalue weighted by molar-refractivity contribution is 0.178. The van der Waals surface area contributed by atoms with E-state index in [9.17, 15) is 5.11 Å². The number of aliphatic hydroxyl groups is 1. The average Bonchev–Trinajstić information content (AvgIpc) is 2.83. The molecule has 2 heterocycles. The molecule has 20 heavy (non-hydrogen) atoms. The van der Waals surface area contributed by atoms with Crippen LogP contribution < -0.4 is 0 Å². The summed E-state index contributed by atoms with van der Waals surface area (Å²) >= 11 is 0. The first kappa shape index (κ1) is 12.8. The van der Waals surface area contributed by atoms with E-state index >= 15 is 0 Å². The average molecular weight is 267 g/mol. The molecule has 1 unspecified atom stereocenters. The first-order valence-electron chi connectivity index (χ1n) is 6.66. The molecule has 0 saturated heterocycles. The van der Waals surface area contributed by atoms with Crippen molar-refractivity contribution in [3.05, 3.63) is 59.5 Å². The van der Waals surface area contributed by atoms with Crippen molar-refractivity contribution in [3.63, 3.8) is 0 Å². The molecule has 0 bridgehead atoms. The first-order chi connectivity index (χ1) is 9.63. The number of para-hydroxylation sites is 1. The number of fused-ring (bicyclic) bond motifs is 1. The second kappa shape index (κ2) is 5.06. The van der Waals surface area contributed by atoms with Crippen LogP contribution in [-0.2, 0) is 13.5 Å². The lowest BCUT2D eigenvalue weighted by Crippen LogP contribution is -2.05. The lowest BCUT2D eigenvalue weighted by atomic mass is 10.00. The van der Waals surface area contributed by atoms with Gasteiger partial charge in [0, 0.05) is 30.7 Å². The van der Waals surface area contributed by atoms with E-state index in [1.807, 2.05) is 56.6 Å². The Morgan fingerprint density at radius 2 is 2.05 bits per heavy atom. The summed E-state index contributed by atoms with van der Waals surface area (Å²) in [5, 5.41) is 15.8. The van der Waals surface area contributed by atoms with Crippen molar-refractivity contribution in [2.45, 2.75) is 19.4 Å². The molecule has 0 spiro atoms. The quantitative estimate of drug-likeness (QED) is 0.793. The number of aromatic nitrogens is 3. The van der Waals surface area contributed by atoms with Crippen molar-refractivity contribution in [1.82, 2.24) is 14.8 Å². The molecule has 4 nitrogen and oxygen atoms in total. The highest BCUT2D eigenvalue weighted by Gasteiger charge is 2.14. The van der Waals surface area contributed by atoms with Gasteiger partial charge >= 0.3 is 0 Å². The van der Waals surface area contributed by atoms with Crippen molar-refractivity contribution in [3.8, 4) is 0 Å². The van der Waals surface area contributed by atoms with E-state index in [0.717, 1.165) is 27.9 Å². The topological polar surface area (TPSA) is 50.9 Å². The molecule has 3 rings (SSSR count). The van der Waals surface area contributed by atoms with E-state index in [2.05, 4.69) is 10.1 Å². The maximum Gasteiger partial charge on any atom is 0.0853 e. The van der Waals surface area contributed by atoms with Crippen LogP contribution in [-0.4, -0.2) is 19.9 Å². The summed E-state index contributed by atoms with van der Waals surface area (Å²) in [7, 11) is 1.88. The molecule has 1 N–H and O–H groups in total. The third-order valence-corrected chi connectivity index (χ3v) is 3.41. The summed E-state index contributed by atoms with van der Waals surface area (Å²) in [6.45, 7) is 1.95. The number of pyridine rings is 1. The van der Waals surface area contributed by atoms with Gasteiger partial charge in [-0.15, -0.1) is 0 Å². The smallest absolute Gasteiger partial charge is 0.0853 e. The molecule has 0 fully saturated rings. The number of hydrogen-bond acceptors (Lipinski definition) is 3. The Balaban J connectivity index is 2.00. The van der Waals surface area contributed by atoms with Crippen molar-refractivity contribution in [2.75, 3.05) is 0 Å². The maximum atomic E-state index is 10.5. The van der Waals surface area contributed by atoms with Gasteiger partial charge in [0.25, 0.3) is 0 Å². The zero-order valence-corrected chi connectivity index (χ0v) is 11.6. The highest BCUT2D eigenvalue weighted by atomic mass is 16.3. The van der Waals surface area contributed by atoms with Gasteiger partial charge in [0.15, 0.2) is 0 Å². The summed E-state index contributed by atoms with van der Waals surface area (Å²) < 4.78 is 1.75. The Labute approximate surface area is 117 Å². The fourth-order valence-electron chi connectivity index (χ4n) is 2.50. The van der Waals surface area contributed by atoms with Gasteiger partial charge in [-0.2, -0.15) is 5.10 Å². The van der Waals surface area contributed by atoms with Gasteiger partial charge in [0.1, 0.15) is 0 Å². The Hall–Kier alpha value is -2.20. The summed E-state index contributed by atoms with van der Waals surface area (Å²) in [5.41, 5.74) is 3.64. The normalized spacial score (nSPS) is 12.8. The number of benzene rings is 1. The molecule has 102 valence electrons. The van der Waals surface area contributed by atoms with Gasteiger partial charge in [0.05, 0.1) is 17.3 Å². The summed E-state index contributed by atoms with van der Waals surface area (Å²) in [6, 6.07) is 11.8. The van der Waals surface area contributed by atoms with Crippen LogP contribution in [0.25, 0.3) is 10.9 Å². The van der Waals surface area contributed by atoms with Crippen LogP contribution in [0.15, 0.2) is 42.6 Å². The molecule has 0 aliphatic rings. The minimum atomic E-state index is -0.573. The molecule has 1 atom stereocenters. The predicted molar refractivity (Wildman–Crippen MR) is 78.4 cm³/mol. The Kier molecular flexibility index (Phi) is 3.24. The van der Waals surface area contributed by atoms with E-state index < -0.39 is 6.10 Å². The Morgan fingerprint density at radius 3 is 2.80 bits per heavy atom. The molecular formula is C16H17N3O. The molecular weight excluding hydrogens is 250 g/mol. The fourth-order valence-corrected chi connectivity index (χ4v) is 2.50. The number of rotatable bonds is 3. The van der Waals surface area contributed by atoms with Crippen molar-refractivity contribution < 1.29 is 5.11 Å². The second-order valence-corrected chi connectivity index (χ2v) is 5.07. The van der Waals surface area contributed by atoms with Crippen molar-refractivity contribution >= 4 is 10.9 Å². The van der Waals surface area contributed by atoms with Gasteiger partial charge in [-0.05, 0) is 30.7 Å². The summed E-state index contributed by atoms with van der Waals surface area (Å²) in [6.07, 6.45) is 1.82. The SMILES string of the molecule is Cc1cc(C(O)Cc2ccn(C)n2)c2ccccc2n1. The van der Waals surface area contributed by atoms with Crippen LogP contribution in [0.3, 0.4) is 0 Å². The van der Waals surface area contributed by atoms with Crippen LogP contribution >= 0.6 is 0 Å². The molecule has 3 aromatic rings. The highest BCUT2D eigenvalue weighted by molar-refractivity contribution is 5.82. The zero-order valence-electron chi connectivity index (χ0n) is 11.6. The molecule has 4 heteroatoms. The molecule has 0 aliphatic heterocycles. The van der Waals surface area contributed by atoms with Crippen molar-refractivity contribution in [2.24, 2.45) is 7.05 Å². The van der Waals surface area contributed by atoms with Crippen molar-refractivity contribution in [1.29, 1.82) is 0 Å². The van der Waals surface area contributed by atoms with E-state index in [1.54, 1.807) is 4.68 Å². The molecule has 2 aromatic heterocycles. The van der Waals surface area contributed by atoms with Gasteiger partial charge in [-0.1, -0.05) is 18.2 Å². The van der Waals surface area contributed by atoms with Gasteiger partial charge in [-0.25, -0.2) is 0 Å². The Morgan fingerprint density at radius 1 is 1.25 bits per heavy atom. The molecule has 0 saturated carbocycles. The third-order valence-electron chi connectivity index (χ3n) is 3.41.